The van der Waals surface area contributed by atoms with Gasteiger partial charge in [0.25, 0.3) is 0 Å². The van der Waals surface area contributed by atoms with Crippen LogP contribution in [0, 0.1) is 6.92 Å². The van der Waals surface area contributed by atoms with Crippen LogP contribution in [0.25, 0.3) is 10.9 Å². The number of ketones is 1. The molecule has 20 heavy (non-hydrogen) atoms. The largest absolute Gasteiger partial charge is 0.307 e. The minimum absolute atomic E-state index is 0.0200. The first-order chi connectivity index (χ1) is 9.74. The molecule has 1 atom stereocenters. The fourth-order valence-electron chi connectivity index (χ4n) is 2.83. The maximum atomic E-state index is 12.6. The molecule has 1 fully saturated rings. The molecule has 0 spiro atoms. The van der Waals surface area contributed by atoms with Crippen molar-refractivity contribution in [3.8, 4) is 0 Å². The number of rotatable bonds is 2. The van der Waals surface area contributed by atoms with Crippen molar-refractivity contribution in [1.29, 1.82) is 0 Å². The molecule has 1 aliphatic heterocycles. The first-order valence-electron chi connectivity index (χ1n) is 7.39. The summed E-state index contributed by atoms with van der Waals surface area (Å²) in [4.78, 5) is 17.1. The van der Waals surface area contributed by atoms with Crippen molar-refractivity contribution in [2.24, 2.45) is 0 Å². The van der Waals surface area contributed by atoms with E-state index in [4.69, 9.17) is 0 Å². The Morgan fingerprint density at radius 2 is 2.10 bits per heavy atom. The molecule has 1 aromatic carbocycles. The summed E-state index contributed by atoms with van der Waals surface area (Å²) in [6, 6.07) is 9.83. The SMILES string of the molecule is Cc1ccc2cc(C(=O)C3CCCCCN3)ccc2n1. The smallest absolute Gasteiger partial charge is 0.179 e. The number of aromatic nitrogens is 1. The second-order valence-corrected chi connectivity index (χ2v) is 5.58. The highest BCUT2D eigenvalue weighted by molar-refractivity contribution is 6.02. The minimum Gasteiger partial charge on any atom is -0.307 e. The quantitative estimate of drug-likeness (QED) is 0.850. The van der Waals surface area contributed by atoms with Crippen LogP contribution >= 0.6 is 0 Å². The zero-order valence-electron chi connectivity index (χ0n) is 11.9. The van der Waals surface area contributed by atoms with E-state index in [1.807, 2.05) is 37.3 Å². The van der Waals surface area contributed by atoms with Gasteiger partial charge in [-0.15, -0.1) is 0 Å². The highest BCUT2D eigenvalue weighted by Crippen LogP contribution is 2.18. The minimum atomic E-state index is -0.0200. The van der Waals surface area contributed by atoms with E-state index in [1.54, 1.807) is 0 Å². The second-order valence-electron chi connectivity index (χ2n) is 5.58. The van der Waals surface area contributed by atoms with Gasteiger partial charge in [-0.1, -0.05) is 18.9 Å². The molecule has 1 aromatic heterocycles. The molecule has 1 saturated heterocycles. The van der Waals surface area contributed by atoms with Crippen LogP contribution in [-0.2, 0) is 0 Å². The van der Waals surface area contributed by atoms with Gasteiger partial charge in [-0.3, -0.25) is 9.78 Å². The Balaban J connectivity index is 1.89. The number of nitrogens with zero attached hydrogens (tertiary/aromatic N) is 1. The number of hydrogen-bond donors (Lipinski definition) is 1. The van der Waals surface area contributed by atoms with Crippen molar-refractivity contribution >= 4 is 16.7 Å². The summed E-state index contributed by atoms with van der Waals surface area (Å²) in [6.07, 6.45) is 4.48. The van der Waals surface area contributed by atoms with Gasteiger partial charge in [0.2, 0.25) is 0 Å². The van der Waals surface area contributed by atoms with E-state index in [0.717, 1.165) is 41.5 Å². The van der Waals surface area contributed by atoms with Crippen LogP contribution in [0.4, 0.5) is 0 Å². The predicted molar refractivity (Wildman–Crippen MR) is 81.1 cm³/mol. The summed E-state index contributed by atoms with van der Waals surface area (Å²) in [5, 5.41) is 4.41. The Morgan fingerprint density at radius 1 is 1.20 bits per heavy atom. The van der Waals surface area contributed by atoms with Crippen LogP contribution in [0.3, 0.4) is 0 Å². The standard InChI is InChI=1S/C17H20N2O/c1-12-6-7-13-11-14(8-9-15(13)19-12)17(20)16-5-3-2-4-10-18-16/h6-9,11,16,18H,2-5,10H2,1H3. The van der Waals surface area contributed by atoms with Gasteiger partial charge in [0.15, 0.2) is 5.78 Å². The van der Waals surface area contributed by atoms with Gasteiger partial charge in [-0.2, -0.15) is 0 Å². The highest BCUT2D eigenvalue weighted by atomic mass is 16.1. The van der Waals surface area contributed by atoms with Crippen LogP contribution in [0.15, 0.2) is 30.3 Å². The lowest BCUT2D eigenvalue weighted by Crippen LogP contribution is -2.36. The maximum Gasteiger partial charge on any atom is 0.179 e. The zero-order valence-corrected chi connectivity index (χ0v) is 11.9. The Bertz CT molecular complexity index is 628. The molecule has 0 radical (unpaired) electrons. The van der Waals surface area contributed by atoms with Crippen molar-refractivity contribution in [2.75, 3.05) is 6.54 Å². The number of pyridine rings is 1. The fourth-order valence-corrected chi connectivity index (χ4v) is 2.83. The van der Waals surface area contributed by atoms with Crippen LogP contribution in [0.5, 0.6) is 0 Å². The van der Waals surface area contributed by atoms with Crippen LogP contribution < -0.4 is 5.32 Å². The van der Waals surface area contributed by atoms with E-state index in [9.17, 15) is 4.79 Å². The Kier molecular flexibility index (Phi) is 3.79. The topological polar surface area (TPSA) is 42.0 Å². The average molecular weight is 268 g/mol. The molecule has 2 heterocycles. The van der Waals surface area contributed by atoms with Crippen molar-refractivity contribution < 1.29 is 4.79 Å². The van der Waals surface area contributed by atoms with Crippen LogP contribution in [0.2, 0.25) is 0 Å². The van der Waals surface area contributed by atoms with Crippen molar-refractivity contribution in [3.05, 3.63) is 41.6 Å². The van der Waals surface area contributed by atoms with E-state index >= 15 is 0 Å². The van der Waals surface area contributed by atoms with Gasteiger partial charge in [-0.05, 0) is 50.6 Å². The van der Waals surface area contributed by atoms with Gasteiger partial charge in [0.1, 0.15) is 0 Å². The van der Waals surface area contributed by atoms with Crippen LogP contribution in [-0.4, -0.2) is 23.4 Å². The molecule has 0 bridgehead atoms. The fraction of sp³-hybridized carbons (Fsp3) is 0.412. The van der Waals surface area contributed by atoms with E-state index in [0.29, 0.717) is 0 Å². The first kappa shape index (κ1) is 13.3. The number of carbonyl (C=O) groups excluding carboxylic acids is 1. The molecule has 3 nitrogen and oxygen atoms in total. The number of aryl methyl sites for hydroxylation is 1. The number of fused-ring (bicyclic) bond motifs is 1. The molecule has 3 rings (SSSR count). The van der Waals surface area contributed by atoms with Gasteiger partial charge < -0.3 is 5.32 Å². The summed E-state index contributed by atoms with van der Waals surface area (Å²) < 4.78 is 0. The lowest BCUT2D eigenvalue weighted by molar-refractivity contribution is 0.0941. The van der Waals surface area contributed by atoms with Gasteiger partial charge in [0.05, 0.1) is 11.6 Å². The summed E-state index contributed by atoms with van der Waals surface area (Å²) in [5.74, 6) is 0.217. The molecule has 0 amide bonds. The molecule has 3 heteroatoms. The first-order valence-corrected chi connectivity index (χ1v) is 7.39. The summed E-state index contributed by atoms with van der Waals surface area (Å²) in [7, 11) is 0. The molecule has 104 valence electrons. The molecule has 0 aliphatic carbocycles. The zero-order chi connectivity index (χ0) is 13.9. The van der Waals surface area contributed by atoms with Gasteiger partial charge in [0, 0.05) is 16.6 Å². The predicted octanol–water partition coefficient (Wildman–Crippen LogP) is 3.26. The highest BCUT2D eigenvalue weighted by Gasteiger charge is 2.21. The van der Waals surface area contributed by atoms with Gasteiger partial charge >= 0.3 is 0 Å². The van der Waals surface area contributed by atoms with E-state index in [2.05, 4.69) is 10.3 Å². The molecular formula is C17H20N2O. The molecule has 1 unspecified atom stereocenters. The third-order valence-corrected chi connectivity index (χ3v) is 3.99. The van der Waals surface area contributed by atoms with Crippen LogP contribution in [0.1, 0.15) is 41.7 Å². The maximum absolute atomic E-state index is 12.6. The number of carbonyl (C=O) groups is 1. The monoisotopic (exact) mass is 268 g/mol. The molecular weight excluding hydrogens is 248 g/mol. The third-order valence-electron chi connectivity index (χ3n) is 3.99. The molecule has 1 aliphatic rings. The second kappa shape index (κ2) is 5.71. The average Bonchev–Trinajstić information content (AvgIpc) is 2.75. The van der Waals surface area contributed by atoms with Crippen molar-refractivity contribution in [2.45, 2.75) is 38.6 Å². The number of benzene rings is 1. The van der Waals surface area contributed by atoms with Crippen molar-refractivity contribution in [1.82, 2.24) is 10.3 Å². The number of nitrogens with one attached hydrogen (secondary N) is 1. The normalized spacial score (nSPS) is 19.8. The summed E-state index contributed by atoms with van der Waals surface area (Å²) in [6.45, 7) is 2.93. The molecule has 2 aromatic rings. The Labute approximate surface area is 119 Å². The Morgan fingerprint density at radius 3 is 3.00 bits per heavy atom. The number of Topliss-reactive ketones (excluding diaryl/α,β-unsaturated/α-hetero) is 1. The lowest BCUT2D eigenvalue weighted by Gasteiger charge is -2.14. The van der Waals surface area contributed by atoms with E-state index in [1.165, 1.54) is 12.8 Å². The Hall–Kier alpha value is -1.74. The molecule has 0 saturated carbocycles. The van der Waals surface area contributed by atoms with Crippen molar-refractivity contribution in [3.63, 3.8) is 0 Å². The number of hydrogen-bond acceptors (Lipinski definition) is 3. The summed E-state index contributed by atoms with van der Waals surface area (Å²) in [5.41, 5.74) is 2.75. The summed E-state index contributed by atoms with van der Waals surface area (Å²) >= 11 is 0. The van der Waals surface area contributed by atoms with Gasteiger partial charge in [-0.25, -0.2) is 0 Å². The van der Waals surface area contributed by atoms with E-state index < -0.39 is 0 Å². The lowest BCUT2D eigenvalue weighted by atomic mass is 9.99. The molecule has 1 N–H and O–H groups in total. The third kappa shape index (κ3) is 2.73. The van der Waals surface area contributed by atoms with E-state index in [-0.39, 0.29) is 11.8 Å².